The molecule has 0 atom stereocenters. The topological polar surface area (TPSA) is 51.6 Å². The van der Waals surface area contributed by atoms with Gasteiger partial charge in [-0.05, 0) is 31.6 Å². The lowest BCUT2D eigenvalue weighted by molar-refractivity contribution is 1.05. The van der Waals surface area contributed by atoms with Gasteiger partial charge < -0.3 is 0 Å². The van der Waals surface area contributed by atoms with Gasteiger partial charge in [-0.15, -0.1) is 0 Å². The normalized spacial score (nSPS) is 10.9. The maximum Gasteiger partial charge on any atom is 0.151 e. The highest BCUT2D eigenvalue weighted by Crippen LogP contribution is 2.02. The van der Waals surface area contributed by atoms with E-state index in [0.717, 1.165) is 17.0 Å². The van der Waals surface area contributed by atoms with Crippen molar-refractivity contribution in [3.8, 4) is 0 Å². The highest BCUT2D eigenvalue weighted by Gasteiger charge is 1.91. The summed E-state index contributed by atoms with van der Waals surface area (Å²) in [6.45, 7) is 3.82. The number of aromatic nitrogens is 4. The van der Waals surface area contributed by atoms with Crippen molar-refractivity contribution >= 4 is 12.2 Å². The summed E-state index contributed by atoms with van der Waals surface area (Å²) in [5, 5.41) is 0. The molecular formula is C12H12N4. The second-order valence-electron chi connectivity index (χ2n) is 3.52. The molecule has 0 amide bonds. The van der Waals surface area contributed by atoms with Crippen molar-refractivity contribution in [2.45, 2.75) is 13.8 Å². The van der Waals surface area contributed by atoms with E-state index in [1.807, 2.05) is 26.0 Å². The molecule has 0 N–H and O–H groups in total. The number of aryl methyl sites for hydroxylation is 2. The first-order valence-electron chi connectivity index (χ1n) is 4.99. The first-order chi connectivity index (χ1) is 7.74. The van der Waals surface area contributed by atoms with Gasteiger partial charge in [0.05, 0.1) is 0 Å². The maximum absolute atomic E-state index is 4.17. The van der Waals surface area contributed by atoms with E-state index in [4.69, 9.17) is 0 Å². The highest BCUT2D eigenvalue weighted by atomic mass is 14.9. The van der Waals surface area contributed by atoms with E-state index < -0.39 is 0 Å². The second-order valence-corrected chi connectivity index (χ2v) is 3.52. The summed E-state index contributed by atoms with van der Waals surface area (Å²) in [5.41, 5.74) is 1.99. The summed E-state index contributed by atoms with van der Waals surface area (Å²) in [7, 11) is 0. The Morgan fingerprint density at radius 2 is 1.44 bits per heavy atom. The highest BCUT2D eigenvalue weighted by molar-refractivity contribution is 5.65. The molecule has 0 aliphatic heterocycles. The molecule has 0 radical (unpaired) electrons. The number of rotatable bonds is 2. The van der Waals surface area contributed by atoms with E-state index >= 15 is 0 Å². The van der Waals surface area contributed by atoms with Crippen LogP contribution in [0, 0.1) is 13.8 Å². The first kappa shape index (κ1) is 10.4. The summed E-state index contributed by atoms with van der Waals surface area (Å²) in [4.78, 5) is 16.5. The average Bonchev–Trinajstić information content (AvgIpc) is 2.30. The van der Waals surface area contributed by atoms with Crippen LogP contribution in [0.15, 0.2) is 24.8 Å². The molecule has 0 fully saturated rings. The van der Waals surface area contributed by atoms with Gasteiger partial charge in [0.1, 0.15) is 5.82 Å². The Morgan fingerprint density at radius 3 is 2.06 bits per heavy atom. The Labute approximate surface area is 94.1 Å². The van der Waals surface area contributed by atoms with E-state index in [1.165, 1.54) is 0 Å². The van der Waals surface area contributed by atoms with Crippen LogP contribution in [0.4, 0.5) is 0 Å². The zero-order chi connectivity index (χ0) is 11.4. The molecule has 4 heteroatoms. The van der Waals surface area contributed by atoms with Gasteiger partial charge in [-0.3, -0.25) is 0 Å². The molecule has 0 unspecified atom stereocenters. The molecule has 2 aromatic heterocycles. The third kappa shape index (κ3) is 2.70. The van der Waals surface area contributed by atoms with Gasteiger partial charge in [-0.1, -0.05) is 0 Å². The molecule has 2 aromatic rings. The molecule has 0 bridgehead atoms. The Morgan fingerprint density at radius 1 is 0.812 bits per heavy atom. The Balaban J connectivity index is 2.15. The molecule has 0 aliphatic rings. The standard InChI is InChI=1S/C12H12N4/c1-9-5-15-12(16-6-9)4-3-11-7-13-10(2)14-8-11/h3-8H,1-2H3. The molecule has 0 saturated carbocycles. The van der Waals surface area contributed by atoms with Crippen LogP contribution in [0.2, 0.25) is 0 Å². The SMILES string of the molecule is Cc1cnc(C=Cc2cnc(C)nc2)nc1. The summed E-state index contributed by atoms with van der Waals surface area (Å²) < 4.78 is 0. The molecule has 2 rings (SSSR count). The van der Waals surface area contributed by atoms with Crippen molar-refractivity contribution in [1.29, 1.82) is 0 Å². The van der Waals surface area contributed by atoms with Gasteiger partial charge in [-0.25, -0.2) is 19.9 Å². The van der Waals surface area contributed by atoms with Crippen molar-refractivity contribution in [1.82, 2.24) is 19.9 Å². The van der Waals surface area contributed by atoms with Crippen molar-refractivity contribution < 1.29 is 0 Å². The molecule has 0 saturated heterocycles. The van der Waals surface area contributed by atoms with Crippen LogP contribution in [0.5, 0.6) is 0 Å². The summed E-state index contributed by atoms with van der Waals surface area (Å²) in [5.74, 6) is 1.45. The number of hydrogen-bond donors (Lipinski definition) is 0. The summed E-state index contributed by atoms with van der Waals surface area (Å²) in [6, 6.07) is 0. The zero-order valence-electron chi connectivity index (χ0n) is 9.25. The minimum absolute atomic E-state index is 0.686. The van der Waals surface area contributed by atoms with Crippen LogP contribution in [0.25, 0.3) is 12.2 Å². The molecule has 4 nitrogen and oxygen atoms in total. The van der Waals surface area contributed by atoms with Crippen molar-refractivity contribution in [2.24, 2.45) is 0 Å². The lowest BCUT2D eigenvalue weighted by Crippen LogP contribution is -1.88. The Bertz CT molecular complexity index is 438. The van der Waals surface area contributed by atoms with Gasteiger partial charge in [0.15, 0.2) is 5.82 Å². The van der Waals surface area contributed by atoms with Gasteiger partial charge in [0, 0.05) is 30.4 Å². The van der Waals surface area contributed by atoms with Gasteiger partial charge in [0.2, 0.25) is 0 Å². The van der Waals surface area contributed by atoms with Gasteiger partial charge in [-0.2, -0.15) is 0 Å². The maximum atomic E-state index is 4.17. The van der Waals surface area contributed by atoms with Crippen LogP contribution >= 0.6 is 0 Å². The molecule has 0 aliphatic carbocycles. The van der Waals surface area contributed by atoms with Crippen LogP contribution in [-0.2, 0) is 0 Å². The number of nitrogens with zero attached hydrogens (tertiary/aromatic N) is 4. The van der Waals surface area contributed by atoms with Crippen molar-refractivity contribution in [2.75, 3.05) is 0 Å². The van der Waals surface area contributed by atoms with Crippen molar-refractivity contribution in [3.63, 3.8) is 0 Å². The molecule has 80 valence electrons. The quantitative estimate of drug-likeness (QED) is 0.764. The fraction of sp³-hybridized carbons (Fsp3) is 0.167. The average molecular weight is 212 g/mol. The first-order valence-corrected chi connectivity index (χ1v) is 4.99. The Kier molecular flexibility index (Phi) is 3.00. The molecule has 16 heavy (non-hydrogen) atoms. The van der Waals surface area contributed by atoms with Gasteiger partial charge >= 0.3 is 0 Å². The predicted molar refractivity (Wildman–Crippen MR) is 62.5 cm³/mol. The summed E-state index contributed by atoms with van der Waals surface area (Å²) >= 11 is 0. The fourth-order valence-corrected chi connectivity index (χ4v) is 1.15. The van der Waals surface area contributed by atoms with E-state index in [1.54, 1.807) is 24.8 Å². The summed E-state index contributed by atoms with van der Waals surface area (Å²) in [6.07, 6.45) is 10.9. The fourth-order valence-electron chi connectivity index (χ4n) is 1.15. The molecule has 0 aromatic carbocycles. The third-order valence-corrected chi connectivity index (χ3v) is 2.03. The molecular weight excluding hydrogens is 200 g/mol. The minimum Gasteiger partial charge on any atom is -0.241 e. The van der Waals surface area contributed by atoms with Crippen LogP contribution < -0.4 is 0 Å². The second kappa shape index (κ2) is 4.61. The van der Waals surface area contributed by atoms with Crippen LogP contribution in [0.1, 0.15) is 22.8 Å². The third-order valence-electron chi connectivity index (χ3n) is 2.03. The minimum atomic E-state index is 0.686. The smallest absolute Gasteiger partial charge is 0.151 e. The zero-order valence-corrected chi connectivity index (χ0v) is 9.25. The molecule has 2 heterocycles. The van der Waals surface area contributed by atoms with Crippen LogP contribution in [0.3, 0.4) is 0 Å². The monoisotopic (exact) mass is 212 g/mol. The van der Waals surface area contributed by atoms with E-state index in [-0.39, 0.29) is 0 Å². The molecule has 0 spiro atoms. The largest absolute Gasteiger partial charge is 0.241 e. The Hall–Kier alpha value is -2.10. The van der Waals surface area contributed by atoms with Gasteiger partial charge in [0.25, 0.3) is 0 Å². The predicted octanol–water partition coefficient (Wildman–Crippen LogP) is 2.05. The lowest BCUT2D eigenvalue weighted by atomic mass is 10.3. The van der Waals surface area contributed by atoms with E-state index in [9.17, 15) is 0 Å². The van der Waals surface area contributed by atoms with Crippen molar-refractivity contribution in [3.05, 3.63) is 47.6 Å². The number of hydrogen-bond acceptors (Lipinski definition) is 4. The van der Waals surface area contributed by atoms with E-state index in [0.29, 0.717) is 5.82 Å². The van der Waals surface area contributed by atoms with Crippen LogP contribution in [-0.4, -0.2) is 19.9 Å². The van der Waals surface area contributed by atoms with E-state index in [2.05, 4.69) is 19.9 Å². The lowest BCUT2D eigenvalue weighted by Gasteiger charge is -1.94.